The van der Waals surface area contributed by atoms with Crippen molar-refractivity contribution >= 4 is 34.2 Å². The molecular formula is C21H20N2O7. The summed E-state index contributed by atoms with van der Waals surface area (Å²) < 4.78 is 16.3. The highest BCUT2D eigenvalue weighted by Gasteiger charge is 2.26. The fourth-order valence-electron chi connectivity index (χ4n) is 2.82. The second-order valence-electron chi connectivity index (χ2n) is 6.39. The highest BCUT2D eigenvalue weighted by molar-refractivity contribution is 5.99. The summed E-state index contributed by atoms with van der Waals surface area (Å²) in [4.78, 5) is 35.3. The molecule has 2 aromatic carbocycles. The van der Waals surface area contributed by atoms with Crippen molar-refractivity contribution < 1.29 is 28.4 Å². The van der Waals surface area contributed by atoms with Crippen molar-refractivity contribution in [3.63, 3.8) is 0 Å². The lowest BCUT2D eigenvalue weighted by molar-refractivity contribution is -0.384. The van der Waals surface area contributed by atoms with E-state index in [9.17, 15) is 19.7 Å². The Morgan fingerprint density at radius 3 is 2.70 bits per heavy atom. The van der Waals surface area contributed by atoms with Crippen LogP contribution in [0.15, 0.2) is 52.9 Å². The number of benzene rings is 2. The highest BCUT2D eigenvalue weighted by Crippen LogP contribution is 2.27. The third-order valence-electron chi connectivity index (χ3n) is 4.31. The maximum Gasteiger partial charge on any atom is 0.375 e. The Morgan fingerprint density at radius 1 is 1.20 bits per heavy atom. The van der Waals surface area contributed by atoms with Gasteiger partial charge in [0, 0.05) is 35.4 Å². The average Bonchev–Trinajstić information content (AvgIpc) is 3.11. The molecular weight excluding hydrogens is 392 g/mol. The third kappa shape index (κ3) is 4.64. The Kier molecular flexibility index (Phi) is 6.43. The van der Waals surface area contributed by atoms with Crippen molar-refractivity contribution in [2.75, 3.05) is 11.9 Å². The largest absolute Gasteiger partial charge is 0.449 e. The number of carbonyl (C=O) groups is 2. The van der Waals surface area contributed by atoms with Crippen molar-refractivity contribution in [1.82, 2.24) is 0 Å². The zero-order valence-corrected chi connectivity index (χ0v) is 16.4. The number of fused-ring (bicyclic) bond motifs is 1. The lowest BCUT2D eigenvalue weighted by Gasteiger charge is -2.13. The van der Waals surface area contributed by atoms with Gasteiger partial charge in [0.25, 0.3) is 11.6 Å². The summed E-state index contributed by atoms with van der Waals surface area (Å²) in [5.74, 6) is -1.46. The van der Waals surface area contributed by atoms with Crippen molar-refractivity contribution in [2.45, 2.75) is 26.6 Å². The number of hydrogen-bond donors (Lipinski definition) is 1. The number of para-hydroxylation sites is 1. The highest BCUT2D eigenvalue weighted by atomic mass is 16.6. The summed E-state index contributed by atoms with van der Waals surface area (Å²) in [5, 5.41) is 14.1. The number of nitrogens with zero attached hydrogens (tertiary/aromatic N) is 1. The van der Waals surface area contributed by atoms with Gasteiger partial charge >= 0.3 is 5.97 Å². The van der Waals surface area contributed by atoms with Crippen LogP contribution >= 0.6 is 0 Å². The number of carbonyl (C=O) groups excluding carboxylic acids is 2. The van der Waals surface area contributed by atoms with E-state index in [2.05, 4.69) is 5.32 Å². The maximum atomic E-state index is 12.7. The zero-order valence-electron chi connectivity index (χ0n) is 16.4. The minimum Gasteiger partial charge on any atom is -0.449 e. The number of rotatable bonds is 8. The fourth-order valence-corrected chi connectivity index (χ4v) is 2.82. The van der Waals surface area contributed by atoms with E-state index in [0.29, 0.717) is 17.8 Å². The Morgan fingerprint density at radius 2 is 1.97 bits per heavy atom. The molecule has 1 amide bonds. The number of nitro benzene ring substituents is 1. The summed E-state index contributed by atoms with van der Waals surface area (Å²) >= 11 is 0. The summed E-state index contributed by atoms with van der Waals surface area (Å²) in [6.07, 6.45) is -1.16. The molecule has 0 fully saturated rings. The molecule has 0 saturated carbocycles. The molecule has 1 N–H and O–H groups in total. The second-order valence-corrected chi connectivity index (χ2v) is 6.39. The number of hydrogen-bond acceptors (Lipinski definition) is 7. The minimum atomic E-state index is -1.16. The van der Waals surface area contributed by atoms with E-state index in [1.165, 1.54) is 31.2 Å². The normalized spacial score (nSPS) is 11.8. The van der Waals surface area contributed by atoms with E-state index in [1.54, 1.807) is 12.1 Å². The van der Waals surface area contributed by atoms with Gasteiger partial charge in [-0.05, 0) is 26.0 Å². The fraction of sp³-hybridized carbons (Fsp3) is 0.238. The van der Waals surface area contributed by atoms with Crippen LogP contribution in [0, 0.1) is 10.1 Å². The molecule has 1 heterocycles. The SMILES string of the molecule is CCOCc1c(C(=O)O[C@@H](C)C(=O)Nc2cccc([N+](=O)[O-])c2)oc2ccccc12. The van der Waals surface area contributed by atoms with E-state index in [-0.39, 0.29) is 23.7 Å². The lowest BCUT2D eigenvalue weighted by atomic mass is 10.1. The summed E-state index contributed by atoms with van der Waals surface area (Å²) in [5.41, 5.74) is 1.11. The maximum absolute atomic E-state index is 12.7. The molecule has 0 unspecified atom stereocenters. The standard InChI is InChI=1S/C21H20N2O7/c1-3-28-12-17-16-9-4-5-10-18(16)30-19(17)21(25)29-13(2)20(24)22-14-7-6-8-15(11-14)23(26)27/h4-11,13H,3,12H2,1-2H3,(H,22,24)/t13-/m0/s1. The van der Waals surface area contributed by atoms with Crippen molar-refractivity contribution in [2.24, 2.45) is 0 Å². The van der Waals surface area contributed by atoms with Gasteiger partial charge in [0.2, 0.25) is 5.76 Å². The predicted octanol–water partition coefficient (Wildman–Crippen LogP) is 4.06. The van der Waals surface area contributed by atoms with Crippen LogP contribution < -0.4 is 5.32 Å². The minimum absolute atomic E-state index is 0.0281. The smallest absolute Gasteiger partial charge is 0.375 e. The van der Waals surface area contributed by atoms with Crippen LogP contribution in [0.5, 0.6) is 0 Å². The number of amides is 1. The van der Waals surface area contributed by atoms with Gasteiger partial charge < -0.3 is 19.2 Å². The lowest BCUT2D eigenvalue weighted by Crippen LogP contribution is -2.30. The Bertz CT molecular complexity index is 1090. The molecule has 3 rings (SSSR count). The molecule has 3 aromatic rings. The molecule has 1 aromatic heterocycles. The monoisotopic (exact) mass is 412 g/mol. The first-order valence-electron chi connectivity index (χ1n) is 9.25. The van der Waals surface area contributed by atoms with Gasteiger partial charge in [-0.1, -0.05) is 24.3 Å². The molecule has 9 nitrogen and oxygen atoms in total. The average molecular weight is 412 g/mol. The van der Waals surface area contributed by atoms with E-state index < -0.39 is 22.9 Å². The van der Waals surface area contributed by atoms with Gasteiger partial charge in [-0.3, -0.25) is 14.9 Å². The van der Waals surface area contributed by atoms with Crippen molar-refractivity contribution in [3.8, 4) is 0 Å². The molecule has 1 atom stereocenters. The van der Waals surface area contributed by atoms with Gasteiger partial charge in [-0.15, -0.1) is 0 Å². The number of anilines is 1. The molecule has 0 radical (unpaired) electrons. The van der Waals surface area contributed by atoms with Crippen LogP contribution in [-0.4, -0.2) is 29.5 Å². The molecule has 0 saturated heterocycles. The number of esters is 1. The first kappa shape index (κ1) is 21.0. The topological polar surface area (TPSA) is 121 Å². The van der Waals surface area contributed by atoms with Crippen LogP contribution in [0.1, 0.15) is 30.0 Å². The molecule has 30 heavy (non-hydrogen) atoms. The van der Waals surface area contributed by atoms with E-state index in [4.69, 9.17) is 13.9 Å². The van der Waals surface area contributed by atoms with Gasteiger partial charge in [0.15, 0.2) is 6.10 Å². The van der Waals surface area contributed by atoms with E-state index in [0.717, 1.165) is 5.39 Å². The van der Waals surface area contributed by atoms with Gasteiger partial charge in [0.1, 0.15) is 5.58 Å². The molecule has 9 heteroatoms. The molecule has 0 spiro atoms. The Hall–Kier alpha value is -3.72. The van der Waals surface area contributed by atoms with Crippen LogP contribution in [0.2, 0.25) is 0 Å². The first-order chi connectivity index (χ1) is 14.4. The predicted molar refractivity (Wildman–Crippen MR) is 108 cm³/mol. The van der Waals surface area contributed by atoms with Crippen LogP contribution in [0.4, 0.5) is 11.4 Å². The van der Waals surface area contributed by atoms with Crippen LogP contribution in [0.25, 0.3) is 11.0 Å². The molecule has 0 aliphatic heterocycles. The van der Waals surface area contributed by atoms with Crippen molar-refractivity contribution in [1.29, 1.82) is 0 Å². The number of ether oxygens (including phenoxy) is 2. The summed E-state index contributed by atoms with van der Waals surface area (Å²) in [6.45, 7) is 3.85. The number of nitrogens with one attached hydrogen (secondary N) is 1. The van der Waals surface area contributed by atoms with E-state index >= 15 is 0 Å². The van der Waals surface area contributed by atoms with Gasteiger partial charge in [-0.2, -0.15) is 0 Å². The number of nitro groups is 1. The van der Waals surface area contributed by atoms with Crippen molar-refractivity contribution in [3.05, 3.63) is 70.0 Å². The van der Waals surface area contributed by atoms with Crippen LogP contribution in [0.3, 0.4) is 0 Å². The number of non-ortho nitro benzene ring substituents is 1. The molecule has 156 valence electrons. The quantitative estimate of drug-likeness (QED) is 0.336. The summed E-state index contributed by atoms with van der Waals surface area (Å²) in [6, 6.07) is 12.6. The van der Waals surface area contributed by atoms with Gasteiger partial charge in [0.05, 0.1) is 11.5 Å². The Balaban J connectivity index is 1.74. The van der Waals surface area contributed by atoms with Crippen LogP contribution in [-0.2, 0) is 20.9 Å². The zero-order chi connectivity index (χ0) is 21.7. The number of furan rings is 1. The molecule has 0 bridgehead atoms. The second kappa shape index (κ2) is 9.19. The van der Waals surface area contributed by atoms with E-state index in [1.807, 2.05) is 19.1 Å². The first-order valence-corrected chi connectivity index (χ1v) is 9.25. The molecule has 0 aliphatic carbocycles. The third-order valence-corrected chi connectivity index (χ3v) is 4.31. The Labute approximate surface area is 171 Å². The molecule has 0 aliphatic rings. The summed E-state index contributed by atoms with van der Waals surface area (Å²) in [7, 11) is 0. The van der Waals surface area contributed by atoms with Gasteiger partial charge in [-0.25, -0.2) is 4.79 Å².